The zero-order chi connectivity index (χ0) is 10.8. The molecular weight excluding hydrogens is 223 g/mol. The molecule has 0 radical (unpaired) electrons. The summed E-state index contributed by atoms with van der Waals surface area (Å²) in [6.45, 7) is 0. The summed E-state index contributed by atoms with van der Waals surface area (Å²) in [7, 11) is -5.65. The number of halogens is 5. The molecule has 0 amide bonds. The van der Waals surface area contributed by atoms with E-state index in [0.29, 0.717) is 0 Å². The minimum atomic E-state index is -5.65. The largest absolute Gasteiger partial charge is 0.324 e. The molecule has 0 aromatic heterocycles. The molecule has 76 valence electrons. The van der Waals surface area contributed by atoms with E-state index in [1.54, 1.807) is 0 Å². The van der Waals surface area contributed by atoms with Gasteiger partial charge < -0.3 is 0 Å². The van der Waals surface area contributed by atoms with Gasteiger partial charge in [-0.1, -0.05) is 0 Å². The minimum absolute atomic E-state index is 2.97. The number of allylic oxidation sites excluding steroid dienone is 2. The first-order chi connectivity index (χ1) is 5.68. The summed E-state index contributed by atoms with van der Waals surface area (Å²) < 4.78 is 85.4. The Morgan fingerprint density at radius 3 is 1.54 bits per heavy atom. The number of hydrogen-bond donors (Lipinski definition) is 1. The molecule has 0 saturated carbocycles. The standard InChI is InChI=1S/C4HF5O3S/c5-1(3(7)8)2(6)4(9)13(10,11)12/h(H,10,11,12)/b4-2-. The molecule has 0 aromatic carbocycles. The lowest BCUT2D eigenvalue weighted by Crippen LogP contribution is -2.00. The van der Waals surface area contributed by atoms with Crippen molar-refractivity contribution in [1.82, 2.24) is 0 Å². The monoisotopic (exact) mass is 224 g/mol. The zero-order valence-electron chi connectivity index (χ0n) is 5.56. The quantitative estimate of drug-likeness (QED) is 0.443. The van der Waals surface area contributed by atoms with E-state index in [-0.39, 0.29) is 0 Å². The lowest BCUT2D eigenvalue weighted by molar-refractivity contribution is 0.367. The predicted octanol–water partition coefficient (Wildman–Crippen LogP) is 2.06. The Balaban J connectivity index is 5.45. The molecule has 13 heavy (non-hydrogen) atoms. The summed E-state index contributed by atoms with van der Waals surface area (Å²) in [5, 5.41) is -3.00. The van der Waals surface area contributed by atoms with Crippen molar-refractivity contribution >= 4 is 10.1 Å². The van der Waals surface area contributed by atoms with Gasteiger partial charge in [0, 0.05) is 0 Å². The molecule has 1 N–H and O–H groups in total. The number of rotatable bonds is 2. The molecule has 0 atom stereocenters. The van der Waals surface area contributed by atoms with E-state index in [1.807, 2.05) is 0 Å². The average molecular weight is 224 g/mol. The molecule has 0 rings (SSSR count). The molecule has 0 heterocycles. The van der Waals surface area contributed by atoms with E-state index < -0.39 is 33.0 Å². The van der Waals surface area contributed by atoms with Crippen LogP contribution in [-0.2, 0) is 10.1 Å². The van der Waals surface area contributed by atoms with Gasteiger partial charge >= 0.3 is 16.2 Å². The SMILES string of the molecule is O=S(=O)(O)/C(F)=C(\F)C(F)=C(F)F. The van der Waals surface area contributed by atoms with Gasteiger partial charge in [-0.3, -0.25) is 4.55 Å². The van der Waals surface area contributed by atoms with E-state index in [4.69, 9.17) is 4.55 Å². The van der Waals surface area contributed by atoms with Gasteiger partial charge in [-0.15, -0.1) is 0 Å². The van der Waals surface area contributed by atoms with Crippen molar-refractivity contribution in [2.75, 3.05) is 0 Å². The topological polar surface area (TPSA) is 54.4 Å². The summed E-state index contributed by atoms with van der Waals surface area (Å²) in [5.74, 6) is -5.95. The second kappa shape index (κ2) is 3.83. The predicted molar refractivity (Wildman–Crippen MR) is 31.1 cm³/mol. The summed E-state index contributed by atoms with van der Waals surface area (Å²) in [5.41, 5.74) is 0. The Morgan fingerprint density at radius 2 is 1.31 bits per heavy atom. The smallest absolute Gasteiger partial charge is 0.280 e. The Morgan fingerprint density at radius 1 is 0.923 bits per heavy atom. The van der Waals surface area contributed by atoms with E-state index in [1.165, 1.54) is 0 Å². The van der Waals surface area contributed by atoms with Crippen LogP contribution in [-0.4, -0.2) is 13.0 Å². The fourth-order valence-corrected chi connectivity index (χ4v) is 0.599. The summed E-state index contributed by atoms with van der Waals surface area (Å²) in [6, 6.07) is 0. The van der Waals surface area contributed by atoms with Crippen LogP contribution >= 0.6 is 0 Å². The van der Waals surface area contributed by atoms with Gasteiger partial charge in [0.05, 0.1) is 0 Å². The second-order valence-corrected chi connectivity index (χ2v) is 2.95. The van der Waals surface area contributed by atoms with Crippen LogP contribution in [0.25, 0.3) is 0 Å². The van der Waals surface area contributed by atoms with Gasteiger partial charge in [0.1, 0.15) is 0 Å². The van der Waals surface area contributed by atoms with E-state index in [0.717, 1.165) is 0 Å². The van der Waals surface area contributed by atoms with Crippen molar-refractivity contribution in [2.45, 2.75) is 0 Å². The first-order valence-electron chi connectivity index (χ1n) is 2.41. The molecule has 0 spiro atoms. The highest BCUT2D eigenvalue weighted by Crippen LogP contribution is 2.25. The maximum atomic E-state index is 12.0. The fourth-order valence-electron chi connectivity index (χ4n) is 0.282. The Bertz CT molecular complexity index is 363. The van der Waals surface area contributed by atoms with Crippen LogP contribution in [0.5, 0.6) is 0 Å². The molecule has 0 unspecified atom stereocenters. The zero-order valence-corrected chi connectivity index (χ0v) is 6.38. The molecule has 3 nitrogen and oxygen atoms in total. The average Bonchev–Trinajstić information content (AvgIpc) is 1.98. The third-order valence-electron chi connectivity index (χ3n) is 0.758. The molecule has 0 aliphatic rings. The minimum Gasteiger partial charge on any atom is -0.280 e. The van der Waals surface area contributed by atoms with E-state index >= 15 is 0 Å². The molecule has 0 fully saturated rings. The van der Waals surface area contributed by atoms with Crippen molar-refractivity contribution < 1.29 is 34.9 Å². The second-order valence-electron chi connectivity index (χ2n) is 1.64. The lowest BCUT2D eigenvalue weighted by atomic mass is 10.5. The van der Waals surface area contributed by atoms with Crippen molar-refractivity contribution in [2.24, 2.45) is 0 Å². The van der Waals surface area contributed by atoms with Crippen molar-refractivity contribution in [1.29, 1.82) is 0 Å². The van der Waals surface area contributed by atoms with Crippen LogP contribution in [0.3, 0.4) is 0 Å². The highest BCUT2D eigenvalue weighted by Gasteiger charge is 2.25. The molecular formula is C4HF5O3S. The van der Waals surface area contributed by atoms with Gasteiger partial charge in [-0.25, -0.2) is 0 Å². The fraction of sp³-hybridized carbons (Fsp3) is 0. The number of hydrogen-bond acceptors (Lipinski definition) is 2. The summed E-state index contributed by atoms with van der Waals surface area (Å²) in [4.78, 5) is 0. The van der Waals surface area contributed by atoms with Gasteiger partial charge in [0.2, 0.25) is 11.7 Å². The molecule has 0 aromatic rings. The van der Waals surface area contributed by atoms with Crippen LogP contribution in [0.2, 0.25) is 0 Å². The Hall–Kier alpha value is -0.960. The molecule has 0 aliphatic heterocycles. The van der Waals surface area contributed by atoms with Crippen molar-refractivity contribution in [3.05, 3.63) is 22.9 Å². The lowest BCUT2D eigenvalue weighted by Gasteiger charge is -1.93. The van der Waals surface area contributed by atoms with Crippen LogP contribution < -0.4 is 0 Å². The van der Waals surface area contributed by atoms with E-state index in [2.05, 4.69) is 0 Å². The summed E-state index contributed by atoms with van der Waals surface area (Å²) in [6.07, 6.45) is -3.24. The van der Waals surface area contributed by atoms with Gasteiger partial charge in [-0.2, -0.15) is 30.4 Å². The molecule has 9 heteroatoms. The third-order valence-corrected chi connectivity index (χ3v) is 1.39. The molecule has 0 aliphatic carbocycles. The molecule has 0 saturated heterocycles. The maximum Gasteiger partial charge on any atom is 0.324 e. The normalized spacial score (nSPS) is 13.7. The highest BCUT2D eigenvalue weighted by atomic mass is 32.2. The Kier molecular flexibility index (Phi) is 3.55. The third kappa shape index (κ3) is 3.11. The van der Waals surface area contributed by atoms with Gasteiger partial charge in [-0.05, 0) is 0 Å². The summed E-state index contributed by atoms with van der Waals surface area (Å²) >= 11 is 0. The first-order valence-corrected chi connectivity index (χ1v) is 3.86. The Labute approximate surface area is 68.9 Å². The van der Waals surface area contributed by atoms with Crippen molar-refractivity contribution in [3.63, 3.8) is 0 Å². The molecule has 0 bridgehead atoms. The van der Waals surface area contributed by atoms with Crippen LogP contribution in [0.1, 0.15) is 0 Å². The van der Waals surface area contributed by atoms with Gasteiger partial charge in [0.25, 0.3) is 5.16 Å². The van der Waals surface area contributed by atoms with Crippen LogP contribution in [0, 0.1) is 0 Å². The van der Waals surface area contributed by atoms with Gasteiger partial charge in [0.15, 0.2) is 0 Å². The maximum absolute atomic E-state index is 12.0. The van der Waals surface area contributed by atoms with Crippen molar-refractivity contribution in [3.8, 4) is 0 Å². The van der Waals surface area contributed by atoms with Crippen LogP contribution in [0.15, 0.2) is 22.9 Å². The van der Waals surface area contributed by atoms with Crippen LogP contribution in [0.4, 0.5) is 22.0 Å². The first kappa shape index (κ1) is 12.0. The van der Waals surface area contributed by atoms with E-state index in [9.17, 15) is 30.4 Å². The highest BCUT2D eigenvalue weighted by molar-refractivity contribution is 7.89.